The Labute approximate surface area is 145 Å². The molecule has 0 aliphatic carbocycles. The lowest BCUT2D eigenvalue weighted by Crippen LogP contribution is -2.14. The first kappa shape index (κ1) is 16.6. The second-order valence-corrected chi connectivity index (χ2v) is 5.85. The van der Waals surface area contributed by atoms with Crippen molar-refractivity contribution < 1.29 is 9.15 Å². The Morgan fingerprint density at radius 2 is 1.92 bits per heavy atom. The maximum Gasteiger partial charge on any atom is 0.346 e. The summed E-state index contributed by atoms with van der Waals surface area (Å²) in [7, 11) is 1.62. The van der Waals surface area contributed by atoms with E-state index in [0.29, 0.717) is 39.9 Å². The Bertz CT molecular complexity index is 1020. The lowest BCUT2D eigenvalue weighted by Gasteiger charge is -2.12. The quantitative estimate of drug-likeness (QED) is 0.713. The van der Waals surface area contributed by atoms with E-state index in [4.69, 9.17) is 20.6 Å². The summed E-state index contributed by atoms with van der Waals surface area (Å²) in [5.74, 6) is 0.757. The number of methoxy groups -OCH3 is 1. The van der Waals surface area contributed by atoms with Gasteiger partial charge in [0.05, 0.1) is 18.4 Å². The smallest absolute Gasteiger partial charge is 0.346 e. The molecule has 0 unspecified atom stereocenters. The van der Waals surface area contributed by atoms with Gasteiger partial charge in [-0.2, -0.15) is 0 Å². The van der Waals surface area contributed by atoms with Crippen molar-refractivity contribution in [2.45, 2.75) is 13.3 Å². The van der Waals surface area contributed by atoms with Crippen LogP contribution in [-0.2, 0) is 6.42 Å². The molecular formula is C20H20N2O3. The van der Waals surface area contributed by atoms with E-state index in [1.165, 1.54) is 0 Å². The van der Waals surface area contributed by atoms with Crippen molar-refractivity contribution in [2.75, 3.05) is 12.8 Å². The molecule has 5 nitrogen and oxygen atoms in total. The minimum absolute atomic E-state index is 0.319. The third-order valence-corrected chi connectivity index (χ3v) is 4.24. The zero-order chi connectivity index (χ0) is 18.0. The van der Waals surface area contributed by atoms with E-state index in [1.54, 1.807) is 26.2 Å². The van der Waals surface area contributed by atoms with Gasteiger partial charge < -0.3 is 20.6 Å². The van der Waals surface area contributed by atoms with Crippen LogP contribution in [0.15, 0.2) is 63.4 Å². The van der Waals surface area contributed by atoms with Crippen LogP contribution in [0.1, 0.15) is 18.1 Å². The molecule has 0 bridgehead atoms. The first-order chi connectivity index (χ1) is 12.0. The molecule has 0 aliphatic rings. The SMILES string of the molecule is COc1cccc(C/C(N)=C(\C)c2c(N)c3ccccc3oc2=O)c1. The second kappa shape index (κ2) is 6.73. The molecule has 2 aromatic carbocycles. The van der Waals surface area contributed by atoms with Crippen LogP contribution in [0.4, 0.5) is 5.69 Å². The summed E-state index contributed by atoms with van der Waals surface area (Å²) in [5, 5.41) is 0.700. The molecule has 3 rings (SSSR count). The van der Waals surface area contributed by atoms with Gasteiger partial charge in [0, 0.05) is 17.5 Å². The van der Waals surface area contributed by atoms with Gasteiger partial charge in [-0.1, -0.05) is 24.3 Å². The highest BCUT2D eigenvalue weighted by Crippen LogP contribution is 2.28. The average molecular weight is 336 g/mol. The van der Waals surface area contributed by atoms with Crippen molar-refractivity contribution in [3.8, 4) is 5.75 Å². The second-order valence-electron chi connectivity index (χ2n) is 5.85. The Hall–Kier alpha value is -3.21. The predicted molar refractivity (Wildman–Crippen MR) is 100 cm³/mol. The molecule has 0 saturated heterocycles. The molecule has 3 aromatic rings. The van der Waals surface area contributed by atoms with E-state index in [2.05, 4.69) is 0 Å². The largest absolute Gasteiger partial charge is 0.497 e. The van der Waals surface area contributed by atoms with Crippen LogP contribution < -0.4 is 21.8 Å². The highest BCUT2D eigenvalue weighted by Gasteiger charge is 2.15. The Balaban J connectivity index is 2.06. The first-order valence-corrected chi connectivity index (χ1v) is 7.91. The van der Waals surface area contributed by atoms with E-state index in [1.807, 2.05) is 36.4 Å². The van der Waals surface area contributed by atoms with Crippen molar-refractivity contribution in [1.29, 1.82) is 0 Å². The molecule has 1 heterocycles. The van der Waals surface area contributed by atoms with Gasteiger partial charge in [-0.15, -0.1) is 0 Å². The number of hydrogen-bond acceptors (Lipinski definition) is 5. The molecule has 4 N–H and O–H groups in total. The summed E-state index contributed by atoms with van der Waals surface area (Å²) >= 11 is 0. The first-order valence-electron chi connectivity index (χ1n) is 7.91. The van der Waals surface area contributed by atoms with Crippen molar-refractivity contribution in [2.24, 2.45) is 5.73 Å². The fraction of sp³-hybridized carbons (Fsp3) is 0.150. The summed E-state index contributed by atoms with van der Waals surface area (Å²) in [5.41, 5.74) is 15.3. The zero-order valence-corrected chi connectivity index (χ0v) is 14.2. The van der Waals surface area contributed by atoms with Crippen molar-refractivity contribution in [1.82, 2.24) is 0 Å². The van der Waals surface area contributed by atoms with Crippen LogP contribution in [0.2, 0.25) is 0 Å². The Kier molecular flexibility index (Phi) is 4.48. The predicted octanol–water partition coefficient (Wildman–Crippen LogP) is 3.32. The van der Waals surface area contributed by atoms with Crippen LogP contribution in [0.3, 0.4) is 0 Å². The topological polar surface area (TPSA) is 91.5 Å². The Morgan fingerprint density at radius 1 is 1.16 bits per heavy atom. The maximum atomic E-state index is 12.4. The van der Waals surface area contributed by atoms with Gasteiger partial charge in [0.15, 0.2) is 0 Å². The van der Waals surface area contributed by atoms with E-state index < -0.39 is 5.63 Å². The monoisotopic (exact) mass is 336 g/mol. The third-order valence-electron chi connectivity index (χ3n) is 4.24. The molecule has 25 heavy (non-hydrogen) atoms. The van der Waals surface area contributed by atoms with Crippen molar-refractivity contribution in [3.63, 3.8) is 0 Å². The number of rotatable bonds is 4. The van der Waals surface area contributed by atoms with E-state index in [9.17, 15) is 4.79 Å². The normalized spacial score (nSPS) is 12.1. The molecule has 0 saturated carbocycles. The number of nitrogen functional groups attached to an aromatic ring is 1. The maximum absolute atomic E-state index is 12.4. The number of ether oxygens (including phenoxy) is 1. The minimum Gasteiger partial charge on any atom is -0.497 e. The van der Waals surface area contributed by atoms with Crippen LogP contribution in [0, 0.1) is 0 Å². The van der Waals surface area contributed by atoms with Crippen LogP contribution >= 0.6 is 0 Å². The van der Waals surface area contributed by atoms with Gasteiger partial charge in [0.25, 0.3) is 0 Å². The number of para-hydroxylation sites is 1. The molecule has 0 aliphatic heterocycles. The highest BCUT2D eigenvalue weighted by atomic mass is 16.5. The molecular weight excluding hydrogens is 316 g/mol. The fourth-order valence-corrected chi connectivity index (χ4v) is 2.82. The summed E-state index contributed by atoms with van der Waals surface area (Å²) in [6.07, 6.45) is 0.481. The highest BCUT2D eigenvalue weighted by molar-refractivity contribution is 5.94. The molecule has 0 atom stereocenters. The fourth-order valence-electron chi connectivity index (χ4n) is 2.82. The summed E-state index contributed by atoms with van der Waals surface area (Å²) < 4.78 is 10.6. The average Bonchev–Trinajstić information content (AvgIpc) is 2.61. The van der Waals surface area contributed by atoms with Crippen LogP contribution in [0.5, 0.6) is 5.75 Å². The number of allylic oxidation sites excluding steroid dienone is 2. The van der Waals surface area contributed by atoms with Gasteiger partial charge in [-0.3, -0.25) is 0 Å². The number of hydrogen-bond donors (Lipinski definition) is 2. The van der Waals surface area contributed by atoms with Crippen LogP contribution in [-0.4, -0.2) is 7.11 Å². The number of fused-ring (bicyclic) bond motifs is 1. The van der Waals surface area contributed by atoms with E-state index >= 15 is 0 Å². The Morgan fingerprint density at radius 3 is 2.68 bits per heavy atom. The number of benzene rings is 2. The van der Waals surface area contributed by atoms with E-state index in [-0.39, 0.29) is 0 Å². The van der Waals surface area contributed by atoms with E-state index in [0.717, 1.165) is 11.3 Å². The van der Waals surface area contributed by atoms with Gasteiger partial charge in [0.2, 0.25) is 0 Å². The van der Waals surface area contributed by atoms with Gasteiger partial charge >= 0.3 is 5.63 Å². The summed E-state index contributed by atoms with van der Waals surface area (Å²) in [6, 6.07) is 14.8. The van der Waals surface area contributed by atoms with Crippen molar-refractivity contribution >= 4 is 22.2 Å². The van der Waals surface area contributed by atoms with Crippen LogP contribution in [0.25, 0.3) is 16.5 Å². The standard InChI is InChI=1S/C20H20N2O3/c1-12(16(21)11-13-6-5-7-14(10-13)24-2)18-19(22)15-8-3-4-9-17(15)25-20(18)23/h3-10H,11,21-22H2,1-2H3/b16-12-. The molecule has 0 fully saturated rings. The molecule has 0 radical (unpaired) electrons. The molecule has 128 valence electrons. The summed E-state index contributed by atoms with van der Waals surface area (Å²) in [6.45, 7) is 1.78. The van der Waals surface area contributed by atoms with Gasteiger partial charge in [0.1, 0.15) is 11.3 Å². The third kappa shape index (κ3) is 3.21. The molecule has 0 amide bonds. The van der Waals surface area contributed by atoms with Gasteiger partial charge in [-0.25, -0.2) is 4.79 Å². The van der Waals surface area contributed by atoms with Gasteiger partial charge in [-0.05, 0) is 42.3 Å². The lowest BCUT2D eigenvalue weighted by molar-refractivity contribution is 0.414. The molecule has 5 heteroatoms. The summed E-state index contributed by atoms with van der Waals surface area (Å²) in [4.78, 5) is 12.4. The molecule has 1 aromatic heterocycles. The lowest BCUT2D eigenvalue weighted by atomic mass is 9.99. The van der Waals surface area contributed by atoms with Crippen molar-refractivity contribution in [3.05, 3.63) is 75.8 Å². The number of anilines is 1. The molecule has 0 spiro atoms. The zero-order valence-electron chi connectivity index (χ0n) is 14.2. The minimum atomic E-state index is -0.484. The number of nitrogens with two attached hydrogens (primary N) is 2.